The van der Waals surface area contributed by atoms with E-state index in [2.05, 4.69) is 0 Å². The van der Waals surface area contributed by atoms with Crippen LogP contribution in [0.3, 0.4) is 0 Å². The molecule has 84 valence electrons. The Balaban J connectivity index is 2.54. The number of hydrogen-bond acceptors (Lipinski definition) is 2. The maximum absolute atomic E-state index is 13.2. The highest BCUT2D eigenvalue weighted by Gasteiger charge is 2.09. The van der Waals surface area contributed by atoms with E-state index < -0.39 is 11.6 Å². The van der Waals surface area contributed by atoms with E-state index in [-0.39, 0.29) is 11.9 Å². The van der Waals surface area contributed by atoms with Gasteiger partial charge in [0, 0.05) is 23.2 Å². The molecule has 0 aliphatic rings. The minimum atomic E-state index is -0.803. The van der Waals surface area contributed by atoms with Crippen LogP contribution in [0.4, 0.5) is 8.78 Å². The Hall–Kier alpha value is -0.610. The van der Waals surface area contributed by atoms with Crippen LogP contribution in [0.5, 0.6) is 0 Å². The smallest absolute Gasteiger partial charge is 0.162 e. The maximum atomic E-state index is 13.2. The lowest BCUT2D eigenvalue weighted by Gasteiger charge is -2.09. The first-order valence-electron chi connectivity index (χ1n) is 4.80. The molecule has 1 aromatic carbocycles. The molecular weight excluding hydrogens is 218 g/mol. The summed E-state index contributed by atoms with van der Waals surface area (Å²) in [7, 11) is 0. The zero-order chi connectivity index (χ0) is 11.3. The van der Waals surface area contributed by atoms with E-state index in [1.54, 1.807) is 6.07 Å². The number of aliphatic hydroxyl groups excluding tert-OH is 1. The van der Waals surface area contributed by atoms with Gasteiger partial charge in [-0.2, -0.15) is 11.8 Å². The van der Waals surface area contributed by atoms with Crippen molar-refractivity contribution < 1.29 is 13.9 Å². The van der Waals surface area contributed by atoms with E-state index in [0.29, 0.717) is 17.7 Å². The third-order valence-corrected chi connectivity index (χ3v) is 3.37. The molecule has 0 aromatic heterocycles. The van der Waals surface area contributed by atoms with Gasteiger partial charge in [-0.1, -0.05) is 19.1 Å². The summed E-state index contributed by atoms with van der Waals surface area (Å²) in [6.07, 6.45) is 0.668. The lowest BCUT2D eigenvalue weighted by molar-refractivity contribution is 0.289. The molecule has 0 saturated carbocycles. The minimum absolute atomic E-state index is 0.125. The molecule has 0 heterocycles. The monoisotopic (exact) mass is 232 g/mol. The first-order valence-corrected chi connectivity index (χ1v) is 5.85. The van der Waals surface area contributed by atoms with Gasteiger partial charge in [-0.25, -0.2) is 8.78 Å². The quantitative estimate of drug-likeness (QED) is 0.842. The van der Waals surface area contributed by atoms with Gasteiger partial charge in [0.2, 0.25) is 0 Å². The lowest BCUT2D eigenvalue weighted by atomic mass is 10.2. The highest BCUT2D eigenvalue weighted by atomic mass is 32.2. The summed E-state index contributed by atoms with van der Waals surface area (Å²) >= 11 is 1.51. The van der Waals surface area contributed by atoms with Gasteiger partial charge in [0.05, 0.1) is 0 Å². The molecular formula is C11H14F2OS. The first-order chi connectivity index (χ1) is 7.15. The van der Waals surface area contributed by atoms with Crippen LogP contribution >= 0.6 is 11.8 Å². The number of halogens is 2. The van der Waals surface area contributed by atoms with E-state index >= 15 is 0 Å². The summed E-state index contributed by atoms with van der Waals surface area (Å²) in [6.45, 7) is 2.08. The Labute approximate surface area is 92.5 Å². The Morgan fingerprint density at radius 1 is 1.40 bits per heavy atom. The van der Waals surface area contributed by atoms with Crippen LogP contribution in [0.25, 0.3) is 0 Å². The summed E-state index contributed by atoms with van der Waals surface area (Å²) in [6, 6.07) is 4.20. The van der Waals surface area contributed by atoms with Gasteiger partial charge in [0.15, 0.2) is 11.6 Å². The lowest BCUT2D eigenvalue weighted by Crippen LogP contribution is -2.01. The second-order valence-corrected chi connectivity index (χ2v) is 4.77. The van der Waals surface area contributed by atoms with Gasteiger partial charge < -0.3 is 5.11 Å². The fourth-order valence-electron chi connectivity index (χ4n) is 1.16. The topological polar surface area (TPSA) is 20.2 Å². The molecule has 1 aromatic rings. The maximum Gasteiger partial charge on any atom is 0.162 e. The first kappa shape index (κ1) is 12.5. The van der Waals surface area contributed by atoms with Gasteiger partial charge in [-0.3, -0.25) is 0 Å². The Kier molecular flexibility index (Phi) is 5.05. The van der Waals surface area contributed by atoms with Crippen molar-refractivity contribution in [3.8, 4) is 0 Å². The molecule has 0 amide bonds. The second-order valence-electron chi connectivity index (χ2n) is 3.35. The molecule has 15 heavy (non-hydrogen) atoms. The number of hydrogen-bond donors (Lipinski definition) is 1. The molecule has 1 nitrogen and oxygen atoms in total. The summed E-state index contributed by atoms with van der Waals surface area (Å²) in [4.78, 5) is 0. The largest absolute Gasteiger partial charge is 0.396 e. The molecule has 0 radical (unpaired) electrons. The molecule has 1 rings (SSSR count). The predicted molar refractivity (Wildman–Crippen MR) is 58.8 cm³/mol. The van der Waals surface area contributed by atoms with E-state index in [1.807, 2.05) is 6.92 Å². The van der Waals surface area contributed by atoms with Gasteiger partial charge in [0.25, 0.3) is 0 Å². The molecule has 0 aliphatic carbocycles. The van der Waals surface area contributed by atoms with Crippen LogP contribution in [-0.4, -0.2) is 17.0 Å². The van der Waals surface area contributed by atoms with Crippen molar-refractivity contribution in [2.24, 2.45) is 0 Å². The van der Waals surface area contributed by atoms with E-state index in [4.69, 9.17) is 5.11 Å². The number of aliphatic hydroxyl groups is 1. The van der Waals surface area contributed by atoms with E-state index in [1.165, 1.54) is 17.8 Å². The molecule has 0 spiro atoms. The normalized spacial score (nSPS) is 12.8. The molecule has 1 unspecified atom stereocenters. The Morgan fingerprint density at radius 3 is 2.80 bits per heavy atom. The Morgan fingerprint density at radius 2 is 2.13 bits per heavy atom. The van der Waals surface area contributed by atoms with Gasteiger partial charge in [-0.05, 0) is 12.5 Å². The van der Waals surface area contributed by atoms with Crippen LogP contribution < -0.4 is 0 Å². The van der Waals surface area contributed by atoms with Crippen LogP contribution in [0.15, 0.2) is 18.2 Å². The molecule has 0 aliphatic heterocycles. The number of rotatable bonds is 5. The fraction of sp³-hybridized carbons (Fsp3) is 0.455. The summed E-state index contributed by atoms with van der Waals surface area (Å²) in [5, 5.41) is 8.93. The molecule has 0 saturated heterocycles. The van der Waals surface area contributed by atoms with Crippen LogP contribution in [-0.2, 0) is 5.75 Å². The Bertz CT molecular complexity index is 317. The number of thioether (sulfide) groups is 1. The van der Waals surface area contributed by atoms with Gasteiger partial charge >= 0.3 is 0 Å². The molecule has 4 heteroatoms. The summed E-state index contributed by atoms with van der Waals surface area (Å²) < 4.78 is 26.0. The van der Waals surface area contributed by atoms with Crippen LogP contribution in [0.1, 0.15) is 18.9 Å². The van der Waals surface area contributed by atoms with Crippen molar-refractivity contribution in [3.05, 3.63) is 35.4 Å². The standard InChI is InChI=1S/C11H14F2OS/c1-8(5-6-14)15-7-9-3-2-4-10(12)11(9)13/h2-4,8,14H,5-7H2,1H3. The van der Waals surface area contributed by atoms with Gasteiger partial charge in [0.1, 0.15) is 0 Å². The van der Waals surface area contributed by atoms with Crippen molar-refractivity contribution in [1.82, 2.24) is 0 Å². The summed E-state index contributed by atoms with van der Waals surface area (Å²) in [5.41, 5.74) is 0.379. The molecule has 0 fully saturated rings. The van der Waals surface area contributed by atoms with Crippen molar-refractivity contribution in [3.63, 3.8) is 0 Å². The minimum Gasteiger partial charge on any atom is -0.396 e. The second kappa shape index (κ2) is 6.08. The fourth-order valence-corrected chi connectivity index (χ4v) is 2.12. The molecule has 1 atom stereocenters. The van der Waals surface area contributed by atoms with E-state index in [9.17, 15) is 8.78 Å². The average Bonchev–Trinajstić information content (AvgIpc) is 2.21. The van der Waals surface area contributed by atoms with Crippen molar-refractivity contribution >= 4 is 11.8 Å². The number of benzene rings is 1. The molecule has 1 N–H and O–H groups in total. The third kappa shape index (κ3) is 3.80. The summed E-state index contributed by atoms with van der Waals surface area (Å²) in [5.74, 6) is -1.13. The molecule has 0 bridgehead atoms. The highest BCUT2D eigenvalue weighted by molar-refractivity contribution is 7.99. The third-order valence-electron chi connectivity index (χ3n) is 2.09. The SMILES string of the molecule is CC(CCO)SCc1cccc(F)c1F. The van der Waals surface area contributed by atoms with E-state index in [0.717, 1.165) is 6.07 Å². The highest BCUT2D eigenvalue weighted by Crippen LogP contribution is 2.22. The van der Waals surface area contributed by atoms with Crippen LogP contribution in [0.2, 0.25) is 0 Å². The zero-order valence-corrected chi connectivity index (χ0v) is 9.36. The van der Waals surface area contributed by atoms with Crippen molar-refractivity contribution in [1.29, 1.82) is 0 Å². The predicted octanol–water partition coefficient (Wildman–Crippen LogP) is 2.97. The van der Waals surface area contributed by atoms with Gasteiger partial charge in [-0.15, -0.1) is 0 Å². The van der Waals surface area contributed by atoms with Crippen molar-refractivity contribution in [2.45, 2.75) is 24.3 Å². The average molecular weight is 232 g/mol. The van der Waals surface area contributed by atoms with Crippen LogP contribution in [0, 0.1) is 11.6 Å². The van der Waals surface area contributed by atoms with Crippen molar-refractivity contribution in [2.75, 3.05) is 6.61 Å². The zero-order valence-electron chi connectivity index (χ0n) is 8.54.